The molecule has 0 aromatic carbocycles. The first kappa shape index (κ1) is 14.1. The molecular weight excluding hydrogens is 322 g/mol. The predicted octanol–water partition coefficient (Wildman–Crippen LogP) is 3.71. The third-order valence-corrected chi connectivity index (χ3v) is 6.31. The van der Waals surface area contributed by atoms with Crippen LogP contribution in [-0.4, -0.2) is 26.8 Å². The standard InChI is InChI=1S/C15H22BrNOS/c1-18-3-2-17-10-15(6-11-4-12(11)7-15)8-14-5-13(16)9-19-14/h5,9,11-12,17H,2-4,6-8,10H2,1H3. The fourth-order valence-electron chi connectivity index (χ4n) is 3.70. The number of methoxy groups -OCH3 is 1. The molecule has 0 spiro atoms. The maximum atomic E-state index is 5.12. The van der Waals surface area contributed by atoms with Gasteiger partial charge in [0.2, 0.25) is 0 Å². The molecule has 19 heavy (non-hydrogen) atoms. The first-order chi connectivity index (χ1) is 9.21. The van der Waals surface area contributed by atoms with Crippen LogP contribution in [0.4, 0.5) is 0 Å². The molecule has 0 saturated heterocycles. The Labute approximate surface area is 128 Å². The van der Waals surface area contributed by atoms with Crippen LogP contribution in [0, 0.1) is 17.3 Å². The average molecular weight is 344 g/mol. The largest absolute Gasteiger partial charge is 0.383 e. The Kier molecular flexibility index (Phi) is 4.32. The summed E-state index contributed by atoms with van der Waals surface area (Å²) in [7, 11) is 1.77. The van der Waals surface area contributed by atoms with Crippen molar-refractivity contribution >= 4 is 27.3 Å². The topological polar surface area (TPSA) is 21.3 Å². The second-order valence-electron chi connectivity index (χ2n) is 6.24. The molecule has 0 aliphatic heterocycles. The fourth-order valence-corrected chi connectivity index (χ4v) is 5.33. The molecular formula is C15H22BrNOS. The minimum absolute atomic E-state index is 0.506. The number of hydrogen-bond donors (Lipinski definition) is 1. The summed E-state index contributed by atoms with van der Waals surface area (Å²) in [6.45, 7) is 2.94. The monoisotopic (exact) mass is 343 g/mol. The normalized spacial score (nSPS) is 32.5. The van der Waals surface area contributed by atoms with Gasteiger partial charge in [0, 0.05) is 34.9 Å². The molecule has 1 N–H and O–H groups in total. The molecule has 0 radical (unpaired) electrons. The van der Waals surface area contributed by atoms with Gasteiger partial charge in [0.15, 0.2) is 0 Å². The number of halogens is 1. The first-order valence-electron chi connectivity index (χ1n) is 7.13. The average Bonchev–Trinajstić information content (AvgIpc) is 2.81. The maximum Gasteiger partial charge on any atom is 0.0587 e. The SMILES string of the molecule is COCCNCC1(Cc2cc(Br)cs2)CC2CC2C1. The highest BCUT2D eigenvalue weighted by Gasteiger charge is 2.53. The molecule has 1 heterocycles. The molecule has 1 aromatic rings. The summed E-state index contributed by atoms with van der Waals surface area (Å²) in [5.41, 5.74) is 0.506. The first-order valence-corrected chi connectivity index (χ1v) is 8.81. The Hall–Kier alpha value is 0.1000. The summed E-state index contributed by atoms with van der Waals surface area (Å²) < 4.78 is 6.36. The zero-order valence-corrected chi connectivity index (χ0v) is 13.9. The van der Waals surface area contributed by atoms with Crippen LogP contribution < -0.4 is 5.32 Å². The van der Waals surface area contributed by atoms with Crippen LogP contribution in [0.25, 0.3) is 0 Å². The minimum Gasteiger partial charge on any atom is -0.383 e. The summed E-state index contributed by atoms with van der Waals surface area (Å²) >= 11 is 5.47. The molecule has 2 fully saturated rings. The molecule has 2 nitrogen and oxygen atoms in total. The van der Waals surface area contributed by atoms with E-state index >= 15 is 0 Å². The van der Waals surface area contributed by atoms with Gasteiger partial charge in [-0.3, -0.25) is 0 Å². The van der Waals surface area contributed by atoms with Crippen molar-refractivity contribution in [3.05, 3.63) is 20.8 Å². The van der Waals surface area contributed by atoms with Crippen LogP contribution in [0.2, 0.25) is 0 Å². The van der Waals surface area contributed by atoms with Crippen LogP contribution in [0.1, 0.15) is 24.1 Å². The fraction of sp³-hybridized carbons (Fsp3) is 0.733. The Morgan fingerprint density at radius 2 is 2.26 bits per heavy atom. The van der Waals surface area contributed by atoms with Gasteiger partial charge in [-0.1, -0.05) is 0 Å². The van der Waals surface area contributed by atoms with E-state index in [0.29, 0.717) is 5.41 Å². The van der Waals surface area contributed by atoms with E-state index in [1.165, 1.54) is 35.0 Å². The molecule has 3 rings (SSSR count). The lowest BCUT2D eigenvalue weighted by Gasteiger charge is -2.31. The van der Waals surface area contributed by atoms with E-state index in [4.69, 9.17) is 4.74 Å². The number of thiophene rings is 1. The van der Waals surface area contributed by atoms with Gasteiger partial charge in [-0.2, -0.15) is 0 Å². The number of hydrogen-bond acceptors (Lipinski definition) is 3. The molecule has 106 valence electrons. The van der Waals surface area contributed by atoms with Crippen molar-refractivity contribution < 1.29 is 4.74 Å². The third kappa shape index (κ3) is 3.41. The van der Waals surface area contributed by atoms with Crippen LogP contribution in [-0.2, 0) is 11.2 Å². The van der Waals surface area contributed by atoms with E-state index < -0.39 is 0 Å². The highest BCUT2D eigenvalue weighted by atomic mass is 79.9. The van der Waals surface area contributed by atoms with E-state index in [9.17, 15) is 0 Å². The number of ether oxygens (including phenoxy) is 1. The molecule has 4 heteroatoms. The van der Waals surface area contributed by atoms with Crippen molar-refractivity contribution in [1.29, 1.82) is 0 Å². The van der Waals surface area contributed by atoms with Gasteiger partial charge in [0.25, 0.3) is 0 Å². The van der Waals surface area contributed by atoms with Crippen LogP contribution in [0.3, 0.4) is 0 Å². The predicted molar refractivity (Wildman–Crippen MR) is 83.7 cm³/mol. The van der Waals surface area contributed by atoms with Gasteiger partial charge in [-0.25, -0.2) is 0 Å². The van der Waals surface area contributed by atoms with Crippen LogP contribution >= 0.6 is 27.3 Å². The summed E-state index contributed by atoms with van der Waals surface area (Å²) in [6, 6.07) is 2.30. The van der Waals surface area contributed by atoms with Crippen molar-refractivity contribution in [2.24, 2.45) is 17.3 Å². The molecule has 0 bridgehead atoms. The van der Waals surface area contributed by atoms with E-state index in [0.717, 1.165) is 31.5 Å². The summed E-state index contributed by atoms with van der Waals surface area (Å²) in [4.78, 5) is 1.53. The molecule has 0 amide bonds. The minimum atomic E-state index is 0.506. The van der Waals surface area contributed by atoms with Gasteiger partial charge in [-0.05, 0) is 64.9 Å². The van der Waals surface area contributed by atoms with E-state index in [1.807, 2.05) is 11.3 Å². The van der Waals surface area contributed by atoms with Crippen molar-refractivity contribution in [3.8, 4) is 0 Å². The number of fused-ring (bicyclic) bond motifs is 1. The summed E-state index contributed by atoms with van der Waals surface area (Å²) in [5.74, 6) is 2.07. The van der Waals surface area contributed by atoms with Crippen molar-refractivity contribution in [3.63, 3.8) is 0 Å². The molecule has 1 aromatic heterocycles. The quantitative estimate of drug-likeness (QED) is 0.762. The lowest BCUT2D eigenvalue weighted by Crippen LogP contribution is -2.36. The van der Waals surface area contributed by atoms with Gasteiger partial charge in [0.05, 0.1) is 6.61 Å². The summed E-state index contributed by atoms with van der Waals surface area (Å²) in [5, 5.41) is 5.81. The zero-order chi connectivity index (χ0) is 13.3. The van der Waals surface area contributed by atoms with Gasteiger partial charge in [-0.15, -0.1) is 11.3 Å². The lowest BCUT2D eigenvalue weighted by molar-refractivity contribution is 0.186. The maximum absolute atomic E-state index is 5.12. The van der Waals surface area contributed by atoms with Gasteiger partial charge in [0.1, 0.15) is 0 Å². The molecule has 2 atom stereocenters. The van der Waals surface area contributed by atoms with Crippen LogP contribution in [0.15, 0.2) is 15.9 Å². The van der Waals surface area contributed by atoms with E-state index in [1.54, 1.807) is 7.11 Å². The van der Waals surface area contributed by atoms with E-state index in [2.05, 4.69) is 32.7 Å². The second-order valence-corrected chi connectivity index (χ2v) is 8.15. The number of rotatable bonds is 7. The Morgan fingerprint density at radius 1 is 1.47 bits per heavy atom. The molecule has 2 saturated carbocycles. The number of nitrogens with one attached hydrogen (secondary N) is 1. The Morgan fingerprint density at radius 3 is 2.89 bits per heavy atom. The third-order valence-electron chi connectivity index (χ3n) is 4.61. The highest BCUT2D eigenvalue weighted by Crippen LogP contribution is 2.60. The second kappa shape index (κ2) is 5.84. The van der Waals surface area contributed by atoms with Gasteiger partial charge < -0.3 is 10.1 Å². The smallest absolute Gasteiger partial charge is 0.0587 e. The van der Waals surface area contributed by atoms with Gasteiger partial charge >= 0.3 is 0 Å². The molecule has 2 aliphatic carbocycles. The van der Waals surface area contributed by atoms with Crippen LogP contribution in [0.5, 0.6) is 0 Å². The zero-order valence-electron chi connectivity index (χ0n) is 11.5. The molecule has 2 aliphatic rings. The molecule has 2 unspecified atom stereocenters. The van der Waals surface area contributed by atoms with Crippen molar-refractivity contribution in [2.75, 3.05) is 26.8 Å². The summed E-state index contributed by atoms with van der Waals surface area (Å²) in [6.07, 6.45) is 5.59. The Balaban J connectivity index is 1.60. The van der Waals surface area contributed by atoms with Crippen molar-refractivity contribution in [1.82, 2.24) is 5.32 Å². The Bertz CT molecular complexity index is 424. The van der Waals surface area contributed by atoms with Crippen molar-refractivity contribution in [2.45, 2.75) is 25.7 Å². The highest BCUT2D eigenvalue weighted by molar-refractivity contribution is 9.10. The lowest BCUT2D eigenvalue weighted by atomic mass is 9.79. The van der Waals surface area contributed by atoms with E-state index in [-0.39, 0.29) is 0 Å².